The SMILES string of the molecule is CC1C[C@@H](O)[C@@H](N)CC1(C)C. The molecule has 0 saturated heterocycles. The summed E-state index contributed by atoms with van der Waals surface area (Å²) in [5.41, 5.74) is 6.07. The summed E-state index contributed by atoms with van der Waals surface area (Å²) >= 11 is 0. The van der Waals surface area contributed by atoms with Crippen LogP contribution in [0.3, 0.4) is 0 Å². The first-order valence-corrected chi connectivity index (χ1v) is 4.37. The Morgan fingerprint density at radius 1 is 1.45 bits per heavy atom. The summed E-state index contributed by atoms with van der Waals surface area (Å²) in [5, 5.41) is 9.46. The van der Waals surface area contributed by atoms with Gasteiger partial charge >= 0.3 is 0 Å². The molecule has 66 valence electrons. The molecule has 0 aromatic heterocycles. The molecule has 2 heteroatoms. The summed E-state index contributed by atoms with van der Waals surface area (Å²) in [7, 11) is 0. The summed E-state index contributed by atoms with van der Waals surface area (Å²) in [6, 6.07) is -0.0128. The van der Waals surface area contributed by atoms with Gasteiger partial charge in [0.15, 0.2) is 0 Å². The van der Waals surface area contributed by atoms with Gasteiger partial charge in [-0.15, -0.1) is 0 Å². The van der Waals surface area contributed by atoms with Crippen LogP contribution in [0, 0.1) is 11.3 Å². The lowest BCUT2D eigenvalue weighted by atomic mass is 9.67. The van der Waals surface area contributed by atoms with Crippen molar-refractivity contribution in [2.24, 2.45) is 17.1 Å². The number of aliphatic hydroxyl groups is 1. The smallest absolute Gasteiger partial charge is 0.0694 e. The van der Waals surface area contributed by atoms with Gasteiger partial charge in [-0.2, -0.15) is 0 Å². The Morgan fingerprint density at radius 2 is 2.00 bits per heavy atom. The second kappa shape index (κ2) is 2.76. The molecule has 0 spiro atoms. The second-order valence-electron chi connectivity index (χ2n) is 4.56. The van der Waals surface area contributed by atoms with Gasteiger partial charge in [-0.05, 0) is 24.2 Å². The monoisotopic (exact) mass is 157 g/mol. The van der Waals surface area contributed by atoms with Crippen LogP contribution < -0.4 is 5.73 Å². The molecule has 0 aliphatic heterocycles. The molecule has 0 amide bonds. The molecule has 3 atom stereocenters. The second-order valence-corrected chi connectivity index (χ2v) is 4.56. The zero-order valence-corrected chi connectivity index (χ0v) is 7.67. The van der Waals surface area contributed by atoms with Crippen LogP contribution in [0.1, 0.15) is 33.6 Å². The van der Waals surface area contributed by atoms with E-state index in [9.17, 15) is 5.11 Å². The average Bonchev–Trinajstić information content (AvgIpc) is 1.83. The maximum Gasteiger partial charge on any atom is 0.0694 e. The molecule has 1 unspecified atom stereocenters. The van der Waals surface area contributed by atoms with E-state index in [0.29, 0.717) is 11.3 Å². The summed E-state index contributed by atoms with van der Waals surface area (Å²) in [6.07, 6.45) is 1.52. The Labute approximate surface area is 68.8 Å². The lowest BCUT2D eigenvalue weighted by Gasteiger charge is -2.42. The van der Waals surface area contributed by atoms with E-state index in [1.54, 1.807) is 0 Å². The highest BCUT2D eigenvalue weighted by Gasteiger charge is 2.37. The van der Waals surface area contributed by atoms with Gasteiger partial charge in [0, 0.05) is 6.04 Å². The van der Waals surface area contributed by atoms with E-state index >= 15 is 0 Å². The summed E-state index contributed by atoms with van der Waals surface area (Å²) < 4.78 is 0. The van der Waals surface area contributed by atoms with Crippen molar-refractivity contribution >= 4 is 0 Å². The predicted molar refractivity (Wildman–Crippen MR) is 46.2 cm³/mol. The van der Waals surface area contributed by atoms with Crippen molar-refractivity contribution in [1.29, 1.82) is 0 Å². The van der Waals surface area contributed by atoms with E-state index in [4.69, 9.17) is 5.73 Å². The standard InChI is InChI=1S/C9H19NO/c1-6-4-8(11)7(10)5-9(6,2)3/h6-8,11H,4-5,10H2,1-3H3/t6?,7-,8+/m0/s1. The number of hydrogen-bond acceptors (Lipinski definition) is 2. The van der Waals surface area contributed by atoms with Gasteiger partial charge in [-0.3, -0.25) is 0 Å². The molecule has 11 heavy (non-hydrogen) atoms. The number of aliphatic hydroxyl groups excluding tert-OH is 1. The third-order valence-electron chi connectivity index (χ3n) is 3.19. The molecule has 1 saturated carbocycles. The Hall–Kier alpha value is -0.0800. The van der Waals surface area contributed by atoms with E-state index in [1.807, 2.05) is 0 Å². The first-order valence-electron chi connectivity index (χ1n) is 4.37. The van der Waals surface area contributed by atoms with Gasteiger partial charge in [0.2, 0.25) is 0 Å². The molecule has 1 aliphatic rings. The first kappa shape index (κ1) is 9.01. The minimum Gasteiger partial charge on any atom is -0.392 e. The number of rotatable bonds is 0. The molecule has 3 N–H and O–H groups in total. The van der Waals surface area contributed by atoms with Gasteiger partial charge in [0.1, 0.15) is 0 Å². The first-order chi connectivity index (χ1) is 4.93. The maximum atomic E-state index is 9.46. The molecule has 1 aliphatic carbocycles. The summed E-state index contributed by atoms with van der Waals surface area (Å²) in [4.78, 5) is 0. The van der Waals surface area contributed by atoms with E-state index in [0.717, 1.165) is 12.8 Å². The van der Waals surface area contributed by atoms with Crippen LogP contribution >= 0.6 is 0 Å². The van der Waals surface area contributed by atoms with Crippen molar-refractivity contribution in [2.75, 3.05) is 0 Å². The van der Waals surface area contributed by atoms with Crippen molar-refractivity contribution in [2.45, 2.75) is 45.8 Å². The normalized spacial score (nSPS) is 43.9. The third-order valence-corrected chi connectivity index (χ3v) is 3.19. The fourth-order valence-corrected chi connectivity index (χ4v) is 1.80. The third kappa shape index (κ3) is 1.74. The molecule has 1 fully saturated rings. The number of nitrogens with two attached hydrogens (primary N) is 1. The lowest BCUT2D eigenvalue weighted by molar-refractivity contribution is 0.0190. The fraction of sp³-hybridized carbons (Fsp3) is 1.00. The number of hydrogen-bond donors (Lipinski definition) is 2. The Kier molecular flexibility index (Phi) is 2.26. The van der Waals surface area contributed by atoms with E-state index < -0.39 is 0 Å². The zero-order chi connectivity index (χ0) is 8.65. The molecule has 0 aromatic carbocycles. The molecule has 1 rings (SSSR count). The van der Waals surface area contributed by atoms with Crippen molar-refractivity contribution in [3.8, 4) is 0 Å². The zero-order valence-electron chi connectivity index (χ0n) is 7.67. The van der Waals surface area contributed by atoms with Gasteiger partial charge in [0.05, 0.1) is 6.10 Å². The predicted octanol–water partition coefficient (Wildman–Crippen LogP) is 1.13. The van der Waals surface area contributed by atoms with Crippen molar-refractivity contribution in [3.05, 3.63) is 0 Å². The average molecular weight is 157 g/mol. The molecule has 0 aromatic rings. The van der Waals surface area contributed by atoms with Gasteiger partial charge in [0.25, 0.3) is 0 Å². The van der Waals surface area contributed by atoms with Gasteiger partial charge < -0.3 is 10.8 Å². The Morgan fingerprint density at radius 3 is 2.45 bits per heavy atom. The molecule has 0 heterocycles. The molecule has 0 bridgehead atoms. The Bertz CT molecular complexity index is 144. The highest BCUT2D eigenvalue weighted by atomic mass is 16.3. The summed E-state index contributed by atoms with van der Waals surface area (Å²) in [6.45, 7) is 6.64. The minimum atomic E-state index is -0.280. The van der Waals surface area contributed by atoms with Gasteiger partial charge in [-0.1, -0.05) is 20.8 Å². The van der Waals surface area contributed by atoms with Crippen LogP contribution in [0.4, 0.5) is 0 Å². The highest BCUT2D eigenvalue weighted by molar-refractivity contribution is 4.90. The topological polar surface area (TPSA) is 46.2 Å². The largest absolute Gasteiger partial charge is 0.392 e. The van der Waals surface area contributed by atoms with Crippen molar-refractivity contribution in [1.82, 2.24) is 0 Å². The maximum absolute atomic E-state index is 9.46. The van der Waals surface area contributed by atoms with Crippen LogP contribution in [0.2, 0.25) is 0 Å². The minimum absolute atomic E-state index is 0.0128. The van der Waals surface area contributed by atoms with Crippen molar-refractivity contribution in [3.63, 3.8) is 0 Å². The molecular weight excluding hydrogens is 138 g/mol. The van der Waals surface area contributed by atoms with E-state index in [2.05, 4.69) is 20.8 Å². The van der Waals surface area contributed by atoms with Crippen molar-refractivity contribution < 1.29 is 5.11 Å². The lowest BCUT2D eigenvalue weighted by Crippen LogP contribution is -2.47. The van der Waals surface area contributed by atoms with E-state index in [1.165, 1.54) is 0 Å². The fourth-order valence-electron chi connectivity index (χ4n) is 1.80. The quantitative estimate of drug-likeness (QED) is 0.553. The molecule has 0 radical (unpaired) electrons. The highest BCUT2D eigenvalue weighted by Crippen LogP contribution is 2.39. The Balaban J connectivity index is 2.63. The molecule has 2 nitrogen and oxygen atoms in total. The molecular formula is C9H19NO. The van der Waals surface area contributed by atoms with Crippen LogP contribution in [0.5, 0.6) is 0 Å². The summed E-state index contributed by atoms with van der Waals surface area (Å²) in [5.74, 6) is 0.581. The van der Waals surface area contributed by atoms with Gasteiger partial charge in [-0.25, -0.2) is 0 Å². The van der Waals surface area contributed by atoms with Crippen LogP contribution in [-0.2, 0) is 0 Å². The van der Waals surface area contributed by atoms with Crippen LogP contribution in [0.25, 0.3) is 0 Å². The van der Waals surface area contributed by atoms with Crippen LogP contribution in [0.15, 0.2) is 0 Å². The van der Waals surface area contributed by atoms with E-state index in [-0.39, 0.29) is 12.1 Å². The van der Waals surface area contributed by atoms with Crippen LogP contribution in [-0.4, -0.2) is 17.3 Å².